The molecule has 2 saturated carbocycles. The van der Waals surface area contributed by atoms with Crippen LogP contribution in [0.4, 0.5) is 11.4 Å². The normalized spacial score (nSPS) is 18.2. The lowest BCUT2D eigenvalue weighted by molar-refractivity contribution is 0.724. The maximum atomic E-state index is 4.60. The highest BCUT2D eigenvalue weighted by atomic mass is 14.8. The zero-order chi connectivity index (χ0) is 16.9. The third-order valence-electron chi connectivity index (χ3n) is 5.80. The van der Waals surface area contributed by atoms with Gasteiger partial charge >= 0.3 is 0 Å². The fourth-order valence-electron chi connectivity index (χ4n) is 4.48. The molecule has 0 spiro atoms. The molecule has 0 bridgehead atoms. The van der Waals surface area contributed by atoms with Gasteiger partial charge in [0.25, 0.3) is 0 Å². The molecule has 0 amide bonds. The molecule has 2 nitrogen and oxygen atoms in total. The van der Waals surface area contributed by atoms with Gasteiger partial charge in [0.1, 0.15) is 6.01 Å². The molecule has 0 unspecified atom stereocenters. The molecule has 0 N–H and O–H groups in total. The fourth-order valence-corrected chi connectivity index (χ4v) is 4.48. The molecule has 128 valence electrons. The van der Waals surface area contributed by atoms with Crippen molar-refractivity contribution in [3.05, 3.63) is 59.7 Å². The largest absolute Gasteiger partial charge is 0.187 e. The molecule has 0 heterocycles. The van der Waals surface area contributed by atoms with E-state index < -0.39 is 0 Å². The Morgan fingerprint density at radius 2 is 1.00 bits per heavy atom. The zero-order valence-electron chi connectivity index (χ0n) is 14.8. The number of benzene rings is 2. The van der Waals surface area contributed by atoms with E-state index in [2.05, 4.69) is 64.5 Å². The topological polar surface area (TPSA) is 24.7 Å². The Hall–Kier alpha value is -2.18. The van der Waals surface area contributed by atoms with Crippen LogP contribution in [0.2, 0.25) is 0 Å². The molecule has 25 heavy (non-hydrogen) atoms. The summed E-state index contributed by atoms with van der Waals surface area (Å²) in [6.45, 7) is 0. The second-order valence-electron chi connectivity index (χ2n) is 7.40. The van der Waals surface area contributed by atoms with E-state index in [1.54, 1.807) is 0 Å². The van der Waals surface area contributed by atoms with E-state index in [0.717, 1.165) is 11.4 Å². The van der Waals surface area contributed by atoms with Crippen molar-refractivity contribution >= 4 is 17.4 Å². The van der Waals surface area contributed by atoms with Crippen LogP contribution < -0.4 is 0 Å². The van der Waals surface area contributed by atoms with E-state index in [-0.39, 0.29) is 0 Å². The van der Waals surface area contributed by atoms with Crippen molar-refractivity contribution in [3.63, 3.8) is 0 Å². The minimum atomic E-state index is 0.660. The SMILES string of the molecule is C(=Nc1ccccc1C1CCCC1)=Nc1ccccc1C1CCCC1. The van der Waals surface area contributed by atoms with Gasteiger partial charge in [-0.2, -0.15) is 9.98 Å². The summed E-state index contributed by atoms with van der Waals surface area (Å²) < 4.78 is 0. The molecule has 2 aromatic rings. The van der Waals surface area contributed by atoms with Crippen molar-refractivity contribution in [1.29, 1.82) is 0 Å². The fraction of sp³-hybridized carbons (Fsp3) is 0.435. The third-order valence-corrected chi connectivity index (χ3v) is 5.80. The van der Waals surface area contributed by atoms with Crippen LogP contribution in [-0.4, -0.2) is 6.01 Å². The second-order valence-corrected chi connectivity index (χ2v) is 7.40. The number of nitrogens with zero attached hydrogens (tertiary/aromatic N) is 2. The summed E-state index contributed by atoms with van der Waals surface area (Å²) in [4.78, 5) is 9.19. The minimum absolute atomic E-state index is 0.660. The van der Waals surface area contributed by atoms with Gasteiger partial charge in [0.05, 0.1) is 11.4 Å². The van der Waals surface area contributed by atoms with Crippen molar-refractivity contribution in [2.75, 3.05) is 0 Å². The van der Waals surface area contributed by atoms with Crippen molar-refractivity contribution in [2.45, 2.75) is 63.2 Å². The Morgan fingerprint density at radius 1 is 0.600 bits per heavy atom. The van der Waals surface area contributed by atoms with Crippen molar-refractivity contribution in [2.24, 2.45) is 9.98 Å². The molecule has 2 heteroatoms. The summed E-state index contributed by atoms with van der Waals surface area (Å²) in [5, 5.41) is 0. The van der Waals surface area contributed by atoms with Crippen LogP contribution in [0.3, 0.4) is 0 Å². The first-order chi connectivity index (χ1) is 12.4. The maximum Gasteiger partial charge on any atom is 0.100 e. The molecule has 0 aliphatic heterocycles. The molecule has 0 aromatic heterocycles. The van der Waals surface area contributed by atoms with Crippen LogP contribution in [0.15, 0.2) is 58.5 Å². The van der Waals surface area contributed by atoms with Gasteiger partial charge < -0.3 is 0 Å². The van der Waals surface area contributed by atoms with Gasteiger partial charge in [-0.15, -0.1) is 0 Å². The summed E-state index contributed by atoms with van der Waals surface area (Å²) in [5.41, 5.74) is 4.81. The third kappa shape index (κ3) is 3.75. The Kier molecular flexibility index (Phi) is 5.09. The van der Waals surface area contributed by atoms with Gasteiger partial charge in [-0.3, -0.25) is 0 Å². The van der Waals surface area contributed by atoms with Crippen molar-refractivity contribution < 1.29 is 0 Å². The number of hydrogen-bond donors (Lipinski definition) is 0. The van der Waals surface area contributed by atoms with E-state index in [1.165, 1.54) is 62.5 Å². The minimum Gasteiger partial charge on any atom is -0.187 e. The Balaban J connectivity index is 1.60. The lowest BCUT2D eigenvalue weighted by Crippen LogP contribution is -1.92. The second kappa shape index (κ2) is 7.80. The molecule has 2 aliphatic rings. The smallest absolute Gasteiger partial charge is 0.100 e. The highest BCUT2D eigenvalue weighted by Crippen LogP contribution is 2.39. The molecular formula is C23H26N2. The molecule has 2 fully saturated rings. The average Bonchev–Trinajstić information content (AvgIpc) is 3.37. The standard InChI is InChI=1S/C23H26N2/c1-2-10-18(9-1)20-13-5-7-15-22(20)24-17-25-23-16-8-6-14-21(23)19-11-3-4-12-19/h5-8,13-16,18-19H,1-4,9-12H2. The monoisotopic (exact) mass is 330 g/mol. The molecule has 0 saturated heterocycles. The van der Waals surface area contributed by atoms with E-state index in [9.17, 15) is 0 Å². The number of hydrogen-bond acceptors (Lipinski definition) is 2. The van der Waals surface area contributed by atoms with Crippen LogP contribution in [0.25, 0.3) is 0 Å². The van der Waals surface area contributed by atoms with Crippen LogP contribution in [0.1, 0.15) is 74.3 Å². The molecule has 4 rings (SSSR count). The maximum absolute atomic E-state index is 4.60. The molecule has 0 radical (unpaired) electrons. The molecule has 2 aliphatic carbocycles. The van der Waals surface area contributed by atoms with Crippen LogP contribution >= 0.6 is 0 Å². The quantitative estimate of drug-likeness (QED) is 0.532. The van der Waals surface area contributed by atoms with Gasteiger partial charge in [-0.1, -0.05) is 62.1 Å². The predicted molar refractivity (Wildman–Crippen MR) is 104 cm³/mol. The lowest BCUT2D eigenvalue weighted by Gasteiger charge is -2.11. The van der Waals surface area contributed by atoms with E-state index in [1.807, 2.05) is 0 Å². The number of para-hydroxylation sites is 2. The summed E-state index contributed by atoms with van der Waals surface area (Å²) >= 11 is 0. The zero-order valence-corrected chi connectivity index (χ0v) is 14.8. The van der Waals surface area contributed by atoms with Crippen molar-refractivity contribution in [3.8, 4) is 0 Å². The van der Waals surface area contributed by atoms with Crippen LogP contribution in [-0.2, 0) is 0 Å². The summed E-state index contributed by atoms with van der Waals surface area (Å²) in [7, 11) is 0. The van der Waals surface area contributed by atoms with Gasteiger partial charge in [-0.05, 0) is 60.8 Å². The van der Waals surface area contributed by atoms with Gasteiger partial charge in [0.15, 0.2) is 0 Å². The van der Waals surface area contributed by atoms with Crippen LogP contribution in [0, 0.1) is 0 Å². The first-order valence-electron chi connectivity index (χ1n) is 9.76. The molecular weight excluding hydrogens is 304 g/mol. The predicted octanol–water partition coefficient (Wildman–Crippen LogP) is 7.14. The van der Waals surface area contributed by atoms with Gasteiger partial charge in [0, 0.05) is 0 Å². The Morgan fingerprint density at radius 3 is 1.44 bits per heavy atom. The number of aliphatic imine (C=N–C) groups is 2. The molecule has 2 aromatic carbocycles. The van der Waals surface area contributed by atoms with E-state index in [4.69, 9.17) is 0 Å². The molecule has 0 atom stereocenters. The van der Waals surface area contributed by atoms with Crippen LogP contribution in [0.5, 0.6) is 0 Å². The lowest BCUT2D eigenvalue weighted by atomic mass is 9.96. The summed E-state index contributed by atoms with van der Waals surface area (Å²) in [5.74, 6) is 1.32. The summed E-state index contributed by atoms with van der Waals surface area (Å²) in [6.07, 6.45) is 10.5. The highest BCUT2D eigenvalue weighted by molar-refractivity contribution is 5.62. The number of rotatable bonds is 4. The average molecular weight is 330 g/mol. The van der Waals surface area contributed by atoms with Gasteiger partial charge in [-0.25, -0.2) is 0 Å². The highest BCUT2D eigenvalue weighted by Gasteiger charge is 2.20. The van der Waals surface area contributed by atoms with Crippen molar-refractivity contribution in [1.82, 2.24) is 0 Å². The Labute approximate surface area is 150 Å². The van der Waals surface area contributed by atoms with E-state index in [0.29, 0.717) is 11.8 Å². The Bertz CT molecular complexity index is 711. The first-order valence-corrected chi connectivity index (χ1v) is 9.76. The van der Waals surface area contributed by atoms with Gasteiger partial charge in [0.2, 0.25) is 0 Å². The van der Waals surface area contributed by atoms with E-state index >= 15 is 0 Å². The first kappa shape index (κ1) is 16.3. The summed E-state index contributed by atoms with van der Waals surface area (Å²) in [6, 6.07) is 20.0.